The molecule has 0 fully saturated rings. The van der Waals surface area contributed by atoms with Crippen LogP contribution in [0.5, 0.6) is 0 Å². The molecule has 0 spiro atoms. The van der Waals surface area contributed by atoms with Crippen LogP contribution in [0.25, 0.3) is 0 Å². The van der Waals surface area contributed by atoms with Gasteiger partial charge in [-0.15, -0.1) is 12.4 Å². The Labute approximate surface area is 115 Å². The molecule has 4 nitrogen and oxygen atoms in total. The molecular formula is C9H7Br2ClO4. The average molecular weight is 374 g/mol. The van der Waals surface area contributed by atoms with Crippen LogP contribution in [0.1, 0.15) is 20.7 Å². The molecule has 0 atom stereocenters. The lowest BCUT2D eigenvalue weighted by Crippen LogP contribution is -2.10. The van der Waals surface area contributed by atoms with Crippen LogP contribution in [0.4, 0.5) is 0 Å². The fourth-order valence-electron chi connectivity index (χ4n) is 1.00. The maximum Gasteiger partial charge on any atom is 0.338 e. The highest BCUT2D eigenvalue weighted by molar-refractivity contribution is 9.13. The van der Waals surface area contributed by atoms with Gasteiger partial charge in [-0.2, -0.15) is 0 Å². The van der Waals surface area contributed by atoms with Gasteiger partial charge in [-0.3, -0.25) is 0 Å². The summed E-state index contributed by atoms with van der Waals surface area (Å²) in [5, 5.41) is 8.88. The minimum Gasteiger partial charge on any atom is -0.478 e. The van der Waals surface area contributed by atoms with Crippen molar-refractivity contribution in [3.05, 3.63) is 32.2 Å². The van der Waals surface area contributed by atoms with E-state index in [1.807, 2.05) is 0 Å². The summed E-state index contributed by atoms with van der Waals surface area (Å²) >= 11 is 6.34. The molecule has 0 bridgehead atoms. The number of halogens is 3. The molecule has 0 heterocycles. The van der Waals surface area contributed by atoms with E-state index in [0.29, 0.717) is 8.95 Å². The van der Waals surface area contributed by atoms with Crippen molar-refractivity contribution >= 4 is 56.2 Å². The van der Waals surface area contributed by atoms with E-state index in [1.54, 1.807) is 0 Å². The van der Waals surface area contributed by atoms with Crippen molar-refractivity contribution in [1.29, 1.82) is 0 Å². The van der Waals surface area contributed by atoms with E-state index < -0.39 is 11.9 Å². The molecule has 0 unspecified atom stereocenters. The molecule has 0 aliphatic carbocycles. The summed E-state index contributed by atoms with van der Waals surface area (Å²) < 4.78 is 5.64. The third-order valence-corrected chi connectivity index (χ3v) is 3.54. The van der Waals surface area contributed by atoms with Crippen LogP contribution >= 0.6 is 44.3 Å². The van der Waals surface area contributed by atoms with Crippen LogP contribution in [-0.2, 0) is 4.74 Å². The number of carboxylic acid groups (broad SMARTS) is 1. The summed E-state index contributed by atoms with van der Waals surface area (Å²) in [6.07, 6.45) is 0. The van der Waals surface area contributed by atoms with Crippen molar-refractivity contribution in [2.45, 2.75) is 0 Å². The van der Waals surface area contributed by atoms with Crippen LogP contribution < -0.4 is 0 Å². The SMILES string of the molecule is COC(=O)c1cc(Br)c(Br)cc1C(=O)O.Cl. The topological polar surface area (TPSA) is 63.6 Å². The van der Waals surface area contributed by atoms with Gasteiger partial charge in [0.05, 0.1) is 18.2 Å². The first kappa shape index (κ1) is 15.4. The Morgan fingerprint density at radius 2 is 1.62 bits per heavy atom. The number of carbonyl (C=O) groups is 2. The third kappa shape index (κ3) is 3.20. The molecule has 1 N–H and O–H groups in total. The maximum atomic E-state index is 11.3. The second-order valence-corrected chi connectivity index (χ2v) is 4.32. The molecule has 0 aromatic heterocycles. The van der Waals surface area contributed by atoms with Gasteiger partial charge in [-0.05, 0) is 44.0 Å². The lowest BCUT2D eigenvalue weighted by molar-refractivity contribution is 0.0582. The van der Waals surface area contributed by atoms with Crippen LogP contribution in [0, 0.1) is 0 Å². The Balaban J connectivity index is 0.00000225. The Morgan fingerprint density at radius 1 is 1.19 bits per heavy atom. The fourth-order valence-corrected chi connectivity index (χ4v) is 1.69. The summed E-state index contributed by atoms with van der Waals surface area (Å²) in [4.78, 5) is 22.1. The molecule has 16 heavy (non-hydrogen) atoms. The maximum absolute atomic E-state index is 11.3. The standard InChI is InChI=1S/C9H6Br2O4.ClH/c1-15-9(14)5-3-7(11)6(10)2-4(5)8(12)13;/h2-3H,1H3,(H,12,13);1H. The van der Waals surface area contributed by atoms with Crippen LogP contribution in [-0.4, -0.2) is 24.2 Å². The monoisotopic (exact) mass is 372 g/mol. The highest BCUT2D eigenvalue weighted by Gasteiger charge is 2.19. The highest BCUT2D eigenvalue weighted by Crippen LogP contribution is 2.27. The molecule has 0 radical (unpaired) electrons. The van der Waals surface area contributed by atoms with E-state index in [4.69, 9.17) is 5.11 Å². The van der Waals surface area contributed by atoms with Crippen LogP contribution in [0.3, 0.4) is 0 Å². The molecule has 0 saturated heterocycles. The van der Waals surface area contributed by atoms with Gasteiger partial charge >= 0.3 is 11.9 Å². The summed E-state index contributed by atoms with van der Waals surface area (Å²) in [6, 6.07) is 2.75. The molecule has 88 valence electrons. The van der Waals surface area contributed by atoms with Crippen molar-refractivity contribution in [3.8, 4) is 0 Å². The quantitative estimate of drug-likeness (QED) is 0.808. The van der Waals surface area contributed by atoms with E-state index in [1.165, 1.54) is 19.2 Å². The zero-order valence-corrected chi connectivity index (χ0v) is 12.0. The van der Waals surface area contributed by atoms with Gasteiger partial charge in [0.1, 0.15) is 0 Å². The number of hydrogen-bond donors (Lipinski definition) is 1. The Morgan fingerprint density at radius 3 is 2.00 bits per heavy atom. The zero-order valence-electron chi connectivity index (χ0n) is 7.99. The van der Waals surface area contributed by atoms with E-state index in [9.17, 15) is 9.59 Å². The summed E-state index contributed by atoms with van der Waals surface area (Å²) in [6.45, 7) is 0. The van der Waals surface area contributed by atoms with Gasteiger partial charge in [0.15, 0.2) is 0 Å². The van der Waals surface area contributed by atoms with Crippen molar-refractivity contribution in [1.82, 2.24) is 0 Å². The summed E-state index contributed by atoms with van der Waals surface area (Å²) in [5.41, 5.74) is -0.0861. The van der Waals surface area contributed by atoms with Gasteiger partial charge < -0.3 is 9.84 Å². The molecule has 0 aliphatic heterocycles. The number of aromatic carboxylic acids is 1. The first-order valence-electron chi connectivity index (χ1n) is 3.78. The number of methoxy groups -OCH3 is 1. The van der Waals surface area contributed by atoms with Crippen LogP contribution in [0.15, 0.2) is 21.1 Å². The predicted molar refractivity (Wildman–Crippen MR) is 67.4 cm³/mol. The molecule has 7 heteroatoms. The minimum atomic E-state index is -1.18. The second-order valence-electron chi connectivity index (χ2n) is 2.61. The summed E-state index contributed by atoms with van der Waals surface area (Å²) in [5.74, 6) is -1.86. The Bertz CT molecular complexity index is 434. The predicted octanol–water partition coefficient (Wildman–Crippen LogP) is 3.12. The number of ether oxygens (including phenoxy) is 1. The number of esters is 1. The van der Waals surface area contributed by atoms with E-state index in [-0.39, 0.29) is 23.5 Å². The lowest BCUT2D eigenvalue weighted by Gasteiger charge is -2.06. The van der Waals surface area contributed by atoms with Crippen LogP contribution in [0.2, 0.25) is 0 Å². The molecular weight excluding hydrogens is 367 g/mol. The molecule has 1 aromatic carbocycles. The average Bonchev–Trinajstić information content (AvgIpc) is 2.20. The van der Waals surface area contributed by atoms with Crippen molar-refractivity contribution < 1.29 is 19.4 Å². The second kappa shape index (κ2) is 6.22. The molecule has 1 aromatic rings. The van der Waals surface area contributed by atoms with E-state index in [2.05, 4.69) is 36.6 Å². The van der Waals surface area contributed by atoms with Crippen molar-refractivity contribution in [2.24, 2.45) is 0 Å². The summed E-state index contributed by atoms with van der Waals surface area (Å²) in [7, 11) is 1.20. The zero-order chi connectivity index (χ0) is 11.6. The normalized spacial score (nSPS) is 9.19. The van der Waals surface area contributed by atoms with E-state index >= 15 is 0 Å². The van der Waals surface area contributed by atoms with Crippen molar-refractivity contribution in [2.75, 3.05) is 7.11 Å². The number of benzene rings is 1. The highest BCUT2D eigenvalue weighted by atomic mass is 79.9. The van der Waals surface area contributed by atoms with Gasteiger partial charge in [0, 0.05) is 8.95 Å². The fraction of sp³-hybridized carbons (Fsp3) is 0.111. The first-order valence-corrected chi connectivity index (χ1v) is 5.36. The number of carboxylic acids is 1. The Kier molecular flexibility index (Phi) is 5.99. The number of hydrogen-bond acceptors (Lipinski definition) is 3. The minimum absolute atomic E-state index is 0. The molecule has 0 aliphatic rings. The first-order chi connectivity index (χ1) is 6.97. The van der Waals surface area contributed by atoms with Gasteiger partial charge in [0.25, 0.3) is 0 Å². The number of rotatable bonds is 2. The molecule has 0 amide bonds. The smallest absolute Gasteiger partial charge is 0.338 e. The van der Waals surface area contributed by atoms with Gasteiger partial charge in [0.2, 0.25) is 0 Å². The van der Waals surface area contributed by atoms with E-state index in [0.717, 1.165) is 0 Å². The van der Waals surface area contributed by atoms with Gasteiger partial charge in [-0.25, -0.2) is 9.59 Å². The largest absolute Gasteiger partial charge is 0.478 e. The Hall–Kier alpha value is -0.590. The number of carbonyl (C=O) groups excluding carboxylic acids is 1. The van der Waals surface area contributed by atoms with Crippen molar-refractivity contribution in [3.63, 3.8) is 0 Å². The molecule has 1 rings (SSSR count). The molecule has 0 saturated carbocycles. The van der Waals surface area contributed by atoms with Gasteiger partial charge in [-0.1, -0.05) is 0 Å². The third-order valence-electron chi connectivity index (χ3n) is 1.70. The lowest BCUT2D eigenvalue weighted by atomic mass is 10.1.